The molecule has 0 aliphatic carbocycles. The number of hydrogen-bond acceptors (Lipinski definition) is 7. The van der Waals surface area contributed by atoms with Gasteiger partial charge in [-0.25, -0.2) is 4.79 Å². The normalized spacial score (nSPS) is 27.0. The maximum atomic E-state index is 12.7. The molecule has 3 saturated heterocycles. The number of carbonyl (C=O) groups is 1. The lowest BCUT2D eigenvalue weighted by Crippen LogP contribution is -2.43. The quantitative estimate of drug-likeness (QED) is 0.620. The van der Waals surface area contributed by atoms with E-state index in [4.69, 9.17) is 28.5 Å². The highest BCUT2D eigenvalue weighted by Crippen LogP contribution is 2.37. The highest BCUT2D eigenvalue weighted by atomic mass is 16.7. The minimum Gasteiger partial charge on any atom is -0.444 e. The molecule has 0 saturated carbocycles. The van der Waals surface area contributed by atoms with Gasteiger partial charge in [0, 0.05) is 24.7 Å². The summed E-state index contributed by atoms with van der Waals surface area (Å²) in [6.45, 7) is 16.7. The number of hydrogen-bond donors (Lipinski definition) is 0. The fourth-order valence-electron chi connectivity index (χ4n) is 4.46. The summed E-state index contributed by atoms with van der Waals surface area (Å²) in [5.41, 5.74) is 1.25. The number of rotatable bonds is 3. The highest BCUT2D eigenvalue weighted by Gasteiger charge is 2.52. The van der Waals surface area contributed by atoms with Gasteiger partial charge in [-0.05, 0) is 78.9 Å². The van der Waals surface area contributed by atoms with E-state index in [1.54, 1.807) is 4.90 Å². The van der Waals surface area contributed by atoms with E-state index in [1.165, 1.54) is 0 Å². The van der Waals surface area contributed by atoms with Gasteiger partial charge in [0.2, 0.25) is 0 Å². The summed E-state index contributed by atoms with van der Waals surface area (Å²) in [6, 6.07) is 4.08. The zero-order valence-corrected chi connectivity index (χ0v) is 21.7. The van der Waals surface area contributed by atoms with E-state index in [0.717, 1.165) is 29.7 Å². The van der Waals surface area contributed by atoms with Crippen LogP contribution in [0.3, 0.4) is 0 Å². The van der Waals surface area contributed by atoms with Crippen molar-refractivity contribution in [2.45, 2.75) is 90.1 Å². The van der Waals surface area contributed by atoms with Gasteiger partial charge in [-0.15, -0.1) is 0 Å². The van der Waals surface area contributed by atoms with Crippen LogP contribution in [-0.4, -0.2) is 72.8 Å². The lowest BCUT2D eigenvalue weighted by atomic mass is 9.77. The van der Waals surface area contributed by atoms with Crippen LogP contribution in [0.1, 0.15) is 84.7 Å². The first-order chi connectivity index (χ1) is 15.8. The highest BCUT2D eigenvalue weighted by molar-refractivity contribution is 6.62. The third-order valence-electron chi connectivity index (χ3n) is 7.05. The predicted octanol–water partition coefficient (Wildman–Crippen LogP) is 3.58. The molecular formula is C25H39BN2O6. The van der Waals surface area contributed by atoms with Crippen molar-refractivity contribution in [3.05, 3.63) is 23.5 Å². The average molecular weight is 474 g/mol. The monoisotopic (exact) mass is 474 g/mol. The van der Waals surface area contributed by atoms with Gasteiger partial charge in [0.25, 0.3) is 0 Å². The Hall–Kier alpha value is -1.68. The van der Waals surface area contributed by atoms with Gasteiger partial charge in [0.05, 0.1) is 36.7 Å². The van der Waals surface area contributed by atoms with Crippen LogP contribution < -0.4 is 5.46 Å². The molecule has 8 nitrogen and oxygen atoms in total. The SMILES string of the molecule is CC(C)(C)OC(=O)N1CCCC(c2cc(B3OC(C)(C)C(C)(C)O3)cc(C3COCCO3)n2)C1. The first kappa shape index (κ1) is 25.4. The summed E-state index contributed by atoms with van der Waals surface area (Å²) >= 11 is 0. The molecule has 2 atom stereocenters. The fourth-order valence-corrected chi connectivity index (χ4v) is 4.46. The molecule has 4 heterocycles. The molecule has 9 heteroatoms. The van der Waals surface area contributed by atoms with Crippen LogP contribution in [0.25, 0.3) is 0 Å². The smallest absolute Gasteiger partial charge is 0.444 e. The van der Waals surface area contributed by atoms with Crippen molar-refractivity contribution < 1.29 is 28.3 Å². The molecule has 3 aliphatic heterocycles. The number of aromatic nitrogens is 1. The summed E-state index contributed by atoms with van der Waals surface area (Å²) in [4.78, 5) is 19.5. The Balaban J connectivity index is 1.62. The number of nitrogens with zero attached hydrogens (tertiary/aromatic N) is 2. The van der Waals surface area contributed by atoms with Gasteiger partial charge < -0.3 is 28.4 Å². The van der Waals surface area contributed by atoms with Gasteiger partial charge in [0.1, 0.15) is 11.7 Å². The standard InChI is InChI=1S/C25H39BN2O6/c1-23(2,3)32-22(29)28-10-8-9-17(15-28)19-13-18(26-33-24(4,5)25(6,7)34-26)14-20(27-19)21-16-30-11-12-31-21/h13-14,17,21H,8-12,15-16H2,1-7H3. The molecule has 4 rings (SSSR count). The first-order valence-corrected chi connectivity index (χ1v) is 12.4. The Labute approximate surface area is 203 Å². The molecule has 0 N–H and O–H groups in total. The molecule has 34 heavy (non-hydrogen) atoms. The van der Waals surface area contributed by atoms with Gasteiger partial charge in [-0.3, -0.25) is 4.98 Å². The number of piperidine rings is 1. The van der Waals surface area contributed by atoms with Gasteiger partial charge >= 0.3 is 13.2 Å². The van der Waals surface area contributed by atoms with Crippen molar-refractivity contribution in [3.8, 4) is 0 Å². The van der Waals surface area contributed by atoms with Crippen molar-refractivity contribution in [2.24, 2.45) is 0 Å². The summed E-state index contributed by atoms with van der Waals surface area (Å²) in [7, 11) is -0.499. The lowest BCUT2D eigenvalue weighted by molar-refractivity contribution is -0.0918. The fraction of sp³-hybridized carbons (Fsp3) is 0.760. The first-order valence-electron chi connectivity index (χ1n) is 12.4. The van der Waals surface area contributed by atoms with E-state index >= 15 is 0 Å². The van der Waals surface area contributed by atoms with E-state index in [0.29, 0.717) is 32.9 Å². The second kappa shape index (κ2) is 9.41. The van der Waals surface area contributed by atoms with E-state index < -0.39 is 23.9 Å². The van der Waals surface area contributed by atoms with Gasteiger partial charge in [-0.1, -0.05) is 0 Å². The molecule has 1 amide bonds. The zero-order chi connectivity index (χ0) is 24.7. The van der Waals surface area contributed by atoms with Crippen LogP contribution in [0.5, 0.6) is 0 Å². The van der Waals surface area contributed by atoms with Crippen LogP contribution in [0.4, 0.5) is 4.79 Å². The van der Waals surface area contributed by atoms with E-state index in [1.807, 2.05) is 54.5 Å². The molecule has 1 aromatic rings. The Kier molecular flexibility index (Phi) is 7.04. The lowest BCUT2D eigenvalue weighted by Gasteiger charge is -2.34. The van der Waals surface area contributed by atoms with Crippen molar-refractivity contribution in [2.75, 3.05) is 32.9 Å². The van der Waals surface area contributed by atoms with Crippen LogP contribution in [0, 0.1) is 0 Å². The molecule has 2 unspecified atom stereocenters. The van der Waals surface area contributed by atoms with Gasteiger partial charge in [-0.2, -0.15) is 0 Å². The molecule has 0 radical (unpaired) electrons. The van der Waals surface area contributed by atoms with Crippen LogP contribution in [0.2, 0.25) is 0 Å². The van der Waals surface area contributed by atoms with Gasteiger partial charge in [0.15, 0.2) is 0 Å². The van der Waals surface area contributed by atoms with Crippen LogP contribution in [-0.2, 0) is 23.5 Å². The Morgan fingerprint density at radius 1 is 1.12 bits per heavy atom. The summed E-state index contributed by atoms with van der Waals surface area (Å²) < 4.78 is 29.9. The van der Waals surface area contributed by atoms with Crippen molar-refractivity contribution in [3.63, 3.8) is 0 Å². The number of pyridine rings is 1. The zero-order valence-electron chi connectivity index (χ0n) is 21.7. The maximum Gasteiger partial charge on any atom is 0.494 e. The summed E-state index contributed by atoms with van der Waals surface area (Å²) in [5, 5.41) is 0. The van der Waals surface area contributed by atoms with E-state index in [-0.39, 0.29) is 18.1 Å². The summed E-state index contributed by atoms with van der Waals surface area (Å²) in [6.07, 6.45) is 1.33. The number of likely N-dealkylation sites (tertiary alicyclic amines) is 1. The Morgan fingerprint density at radius 3 is 2.41 bits per heavy atom. The topological polar surface area (TPSA) is 79.4 Å². The molecule has 0 aromatic carbocycles. The second-order valence-corrected chi connectivity index (χ2v) is 11.5. The predicted molar refractivity (Wildman–Crippen MR) is 129 cm³/mol. The minimum absolute atomic E-state index is 0.0897. The molecule has 0 spiro atoms. The van der Waals surface area contributed by atoms with E-state index in [9.17, 15) is 4.79 Å². The Morgan fingerprint density at radius 2 is 1.79 bits per heavy atom. The third-order valence-corrected chi connectivity index (χ3v) is 7.05. The van der Waals surface area contributed by atoms with Crippen LogP contribution in [0.15, 0.2) is 12.1 Å². The molecular weight excluding hydrogens is 435 g/mol. The third kappa shape index (κ3) is 5.59. The summed E-state index contributed by atoms with van der Waals surface area (Å²) in [5.74, 6) is 0.0897. The van der Waals surface area contributed by atoms with Crippen molar-refractivity contribution in [1.82, 2.24) is 9.88 Å². The second-order valence-electron chi connectivity index (χ2n) is 11.5. The number of amides is 1. The van der Waals surface area contributed by atoms with Crippen molar-refractivity contribution >= 4 is 18.7 Å². The van der Waals surface area contributed by atoms with E-state index in [2.05, 4.69) is 6.07 Å². The number of ether oxygens (including phenoxy) is 3. The molecule has 188 valence electrons. The number of carbonyl (C=O) groups excluding carboxylic acids is 1. The Bertz CT molecular complexity index is 878. The minimum atomic E-state index is -0.523. The molecule has 1 aromatic heterocycles. The molecule has 3 fully saturated rings. The van der Waals surface area contributed by atoms with Crippen LogP contribution >= 0.6 is 0 Å². The largest absolute Gasteiger partial charge is 0.494 e. The van der Waals surface area contributed by atoms with Crippen molar-refractivity contribution in [1.29, 1.82) is 0 Å². The molecule has 0 bridgehead atoms. The maximum absolute atomic E-state index is 12.7. The average Bonchev–Trinajstić information content (AvgIpc) is 3.00. The molecule has 3 aliphatic rings.